The van der Waals surface area contributed by atoms with Crippen molar-refractivity contribution in [3.05, 3.63) is 35.9 Å². The summed E-state index contributed by atoms with van der Waals surface area (Å²) in [6, 6.07) is 9.52. The lowest BCUT2D eigenvalue weighted by Crippen LogP contribution is -2.35. The first-order valence-electron chi connectivity index (χ1n) is 5.77. The minimum atomic E-state index is -0.524. The van der Waals surface area contributed by atoms with Gasteiger partial charge in [-0.25, -0.2) is 9.69 Å². The number of rotatable bonds is 3. The Morgan fingerprint density at radius 1 is 1.41 bits per heavy atom. The van der Waals surface area contributed by atoms with Crippen molar-refractivity contribution in [2.45, 2.75) is 19.3 Å². The third-order valence-electron chi connectivity index (χ3n) is 2.94. The van der Waals surface area contributed by atoms with E-state index >= 15 is 0 Å². The maximum Gasteiger partial charge on any atom is 0.416 e. The molecule has 1 aliphatic heterocycles. The fourth-order valence-electron chi connectivity index (χ4n) is 2.02. The first-order valence-corrected chi connectivity index (χ1v) is 5.77. The lowest BCUT2D eigenvalue weighted by Gasteiger charge is -2.19. The van der Waals surface area contributed by atoms with Crippen molar-refractivity contribution in [3.8, 4) is 0 Å². The second kappa shape index (κ2) is 4.99. The van der Waals surface area contributed by atoms with E-state index < -0.39 is 6.09 Å². The zero-order valence-corrected chi connectivity index (χ0v) is 9.76. The van der Waals surface area contributed by atoms with Crippen molar-refractivity contribution in [3.63, 3.8) is 0 Å². The van der Waals surface area contributed by atoms with Crippen LogP contribution in [0.5, 0.6) is 0 Å². The molecule has 0 aliphatic carbocycles. The summed E-state index contributed by atoms with van der Waals surface area (Å²) in [6.07, 6.45) is 0.150. The van der Waals surface area contributed by atoms with Crippen LogP contribution in [0.25, 0.3) is 0 Å². The number of cyclic esters (lactones) is 1. The molecule has 0 spiro atoms. The van der Waals surface area contributed by atoms with E-state index in [4.69, 9.17) is 4.74 Å². The largest absolute Gasteiger partial charge is 0.447 e. The van der Waals surface area contributed by atoms with Crippen molar-refractivity contribution in [2.24, 2.45) is 0 Å². The number of carbonyl (C=O) groups is 2. The minimum absolute atomic E-state index is 0.166. The molecule has 4 nitrogen and oxygen atoms in total. The fourth-order valence-corrected chi connectivity index (χ4v) is 2.02. The molecule has 0 aromatic heterocycles. The predicted molar refractivity (Wildman–Crippen MR) is 62.5 cm³/mol. The lowest BCUT2D eigenvalue weighted by molar-refractivity contribution is -0.129. The third-order valence-corrected chi connectivity index (χ3v) is 2.94. The van der Waals surface area contributed by atoms with Gasteiger partial charge in [-0.3, -0.25) is 4.79 Å². The molecule has 1 aromatic carbocycles. The van der Waals surface area contributed by atoms with Gasteiger partial charge in [0.25, 0.3) is 0 Å². The number of amides is 2. The number of imide groups is 1. The molecule has 0 radical (unpaired) electrons. The molecule has 4 heteroatoms. The molecule has 1 heterocycles. The van der Waals surface area contributed by atoms with Crippen LogP contribution in [0.2, 0.25) is 0 Å². The van der Waals surface area contributed by atoms with E-state index in [0.29, 0.717) is 19.6 Å². The summed E-state index contributed by atoms with van der Waals surface area (Å²) in [5, 5.41) is 0. The fraction of sp³-hybridized carbons (Fsp3) is 0.385. The van der Waals surface area contributed by atoms with E-state index in [9.17, 15) is 9.59 Å². The Morgan fingerprint density at radius 3 is 2.65 bits per heavy atom. The highest BCUT2D eigenvalue weighted by atomic mass is 16.6. The number of benzene rings is 1. The Kier molecular flexibility index (Phi) is 3.42. The molecule has 0 N–H and O–H groups in total. The standard InChI is InChI=1S/C13H15NO3/c1-2-11(10-6-4-3-5-7-10)12(15)14-8-9-17-13(14)16/h3-7,11H,2,8-9H2,1H3/t11-/m0/s1. The summed E-state index contributed by atoms with van der Waals surface area (Å²) in [5.74, 6) is -0.428. The predicted octanol–water partition coefficient (Wildman–Crippen LogP) is 2.16. The van der Waals surface area contributed by atoms with E-state index in [-0.39, 0.29) is 11.8 Å². The van der Waals surface area contributed by atoms with Crippen LogP contribution >= 0.6 is 0 Å². The SMILES string of the molecule is CC[C@H](C(=O)N1CCOC1=O)c1ccccc1. The molecule has 17 heavy (non-hydrogen) atoms. The van der Waals surface area contributed by atoms with Crippen LogP contribution in [0.4, 0.5) is 4.79 Å². The molecule has 2 amide bonds. The molecular weight excluding hydrogens is 218 g/mol. The van der Waals surface area contributed by atoms with E-state index in [1.807, 2.05) is 37.3 Å². The summed E-state index contributed by atoms with van der Waals surface area (Å²) in [6.45, 7) is 2.60. The summed E-state index contributed by atoms with van der Waals surface area (Å²) < 4.78 is 4.78. The number of hydrogen-bond acceptors (Lipinski definition) is 3. The van der Waals surface area contributed by atoms with Crippen LogP contribution in [0, 0.1) is 0 Å². The van der Waals surface area contributed by atoms with Gasteiger partial charge in [0.2, 0.25) is 5.91 Å². The quantitative estimate of drug-likeness (QED) is 0.803. The molecule has 2 rings (SSSR count). The van der Waals surface area contributed by atoms with Crippen LogP contribution in [-0.4, -0.2) is 30.1 Å². The Hall–Kier alpha value is -1.84. The smallest absolute Gasteiger partial charge is 0.416 e. The molecule has 0 saturated carbocycles. The topological polar surface area (TPSA) is 46.6 Å². The van der Waals surface area contributed by atoms with E-state index in [2.05, 4.69) is 0 Å². The van der Waals surface area contributed by atoms with E-state index in [1.165, 1.54) is 4.90 Å². The van der Waals surface area contributed by atoms with Crippen LogP contribution in [0.1, 0.15) is 24.8 Å². The van der Waals surface area contributed by atoms with Crippen LogP contribution in [0.3, 0.4) is 0 Å². The normalized spacial score (nSPS) is 16.8. The van der Waals surface area contributed by atoms with Gasteiger partial charge in [-0.1, -0.05) is 37.3 Å². The summed E-state index contributed by atoms with van der Waals surface area (Å²) in [7, 11) is 0. The molecule has 0 unspecified atom stereocenters. The van der Waals surface area contributed by atoms with E-state index in [1.54, 1.807) is 0 Å². The molecule has 90 valence electrons. The molecular formula is C13H15NO3. The number of nitrogens with zero attached hydrogens (tertiary/aromatic N) is 1. The van der Waals surface area contributed by atoms with Gasteiger partial charge in [-0.15, -0.1) is 0 Å². The van der Waals surface area contributed by atoms with Crippen molar-refractivity contribution >= 4 is 12.0 Å². The summed E-state index contributed by atoms with van der Waals surface area (Å²) in [5.41, 5.74) is 0.944. The minimum Gasteiger partial charge on any atom is -0.447 e. The van der Waals surface area contributed by atoms with Crippen molar-refractivity contribution in [1.82, 2.24) is 4.90 Å². The van der Waals surface area contributed by atoms with Crippen molar-refractivity contribution in [1.29, 1.82) is 0 Å². The molecule has 1 atom stereocenters. The molecule has 0 bridgehead atoms. The Bertz CT molecular complexity index is 416. The molecule has 1 aliphatic rings. The van der Waals surface area contributed by atoms with E-state index in [0.717, 1.165) is 5.56 Å². The number of hydrogen-bond donors (Lipinski definition) is 0. The van der Waals surface area contributed by atoms with Crippen LogP contribution < -0.4 is 0 Å². The van der Waals surface area contributed by atoms with Gasteiger partial charge in [-0.2, -0.15) is 0 Å². The van der Waals surface area contributed by atoms with Gasteiger partial charge in [0, 0.05) is 0 Å². The first-order chi connectivity index (χ1) is 8.24. The van der Waals surface area contributed by atoms with Gasteiger partial charge in [-0.05, 0) is 12.0 Å². The van der Waals surface area contributed by atoms with Gasteiger partial charge in [0.1, 0.15) is 6.61 Å². The third kappa shape index (κ3) is 2.30. The monoisotopic (exact) mass is 233 g/mol. The Labute approximate surface area is 100 Å². The molecule has 1 saturated heterocycles. The maximum absolute atomic E-state index is 12.2. The van der Waals surface area contributed by atoms with Gasteiger partial charge in [0.15, 0.2) is 0 Å². The van der Waals surface area contributed by atoms with Crippen molar-refractivity contribution < 1.29 is 14.3 Å². The van der Waals surface area contributed by atoms with Crippen molar-refractivity contribution in [2.75, 3.05) is 13.2 Å². The average molecular weight is 233 g/mol. The second-order valence-corrected chi connectivity index (χ2v) is 3.98. The number of carbonyl (C=O) groups excluding carboxylic acids is 2. The van der Waals surface area contributed by atoms with Gasteiger partial charge in [0.05, 0.1) is 12.5 Å². The Balaban J connectivity index is 2.19. The average Bonchev–Trinajstić information content (AvgIpc) is 2.77. The first kappa shape index (κ1) is 11.6. The number of ether oxygens (including phenoxy) is 1. The van der Waals surface area contributed by atoms with Gasteiger partial charge >= 0.3 is 6.09 Å². The highest BCUT2D eigenvalue weighted by Gasteiger charge is 2.33. The maximum atomic E-state index is 12.2. The Morgan fingerprint density at radius 2 is 2.12 bits per heavy atom. The van der Waals surface area contributed by atoms with Crippen LogP contribution in [-0.2, 0) is 9.53 Å². The highest BCUT2D eigenvalue weighted by Crippen LogP contribution is 2.23. The van der Waals surface area contributed by atoms with Gasteiger partial charge < -0.3 is 4.74 Å². The zero-order valence-electron chi connectivity index (χ0n) is 9.76. The zero-order chi connectivity index (χ0) is 12.3. The lowest BCUT2D eigenvalue weighted by atomic mass is 9.95. The molecule has 1 aromatic rings. The second-order valence-electron chi connectivity index (χ2n) is 3.98. The molecule has 1 fully saturated rings. The highest BCUT2D eigenvalue weighted by molar-refractivity contribution is 5.96. The summed E-state index contributed by atoms with van der Waals surface area (Å²) in [4.78, 5) is 24.8. The summed E-state index contributed by atoms with van der Waals surface area (Å²) >= 11 is 0. The van der Waals surface area contributed by atoms with Crippen LogP contribution in [0.15, 0.2) is 30.3 Å².